The highest BCUT2D eigenvalue weighted by atomic mass is 16.8. The van der Waals surface area contributed by atoms with Crippen LogP contribution in [0.5, 0.6) is 0 Å². The molecule has 0 amide bonds. The average molecular weight is 355 g/mol. The molecule has 0 aromatic carbocycles. The maximum atomic E-state index is 12.4. The summed E-state index contributed by atoms with van der Waals surface area (Å²) in [5, 5.41) is 2.99. The maximum Gasteiger partial charge on any atom is 0.340 e. The predicted molar refractivity (Wildman–Crippen MR) is 83.0 cm³/mol. The Bertz CT molecular complexity index is 649. The highest BCUT2D eigenvalue weighted by Crippen LogP contribution is 2.37. The first kappa shape index (κ1) is 18.9. The first-order valence-corrected chi connectivity index (χ1v) is 7.54. The molecule has 2 fully saturated rings. The Labute approximate surface area is 144 Å². The van der Waals surface area contributed by atoms with Gasteiger partial charge in [0.1, 0.15) is 12.2 Å². The lowest BCUT2D eigenvalue weighted by molar-refractivity contribution is -0.147. The molecular weight excluding hydrogens is 334 g/mol. The Balaban J connectivity index is 2.58. The molecule has 138 valence electrons. The van der Waals surface area contributed by atoms with E-state index in [9.17, 15) is 14.4 Å². The second kappa shape index (κ2) is 7.24. The van der Waals surface area contributed by atoms with E-state index < -0.39 is 29.8 Å². The van der Waals surface area contributed by atoms with Gasteiger partial charge >= 0.3 is 17.9 Å². The summed E-state index contributed by atoms with van der Waals surface area (Å²) in [6.07, 6.45) is -0.0856. The lowest BCUT2D eigenvalue weighted by Gasteiger charge is -2.20. The lowest BCUT2D eigenvalue weighted by Crippen LogP contribution is -2.29. The zero-order valence-electron chi connectivity index (χ0n) is 14.7. The van der Waals surface area contributed by atoms with Gasteiger partial charge < -0.3 is 29.0 Å². The number of nitrogens with one attached hydrogen (secondary N) is 1. The van der Waals surface area contributed by atoms with Gasteiger partial charge in [0.2, 0.25) is 0 Å². The fraction of sp³-hybridized carbons (Fsp3) is 0.562. The number of carbonyl (C=O) groups is 3. The van der Waals surface area contributed by atoms with E-state index in [2.05, 4.69) is 14.8 Å². The third-order valence-corrected chi connectivity index (χ3v) is 3.76. The van der Waals surface area contributed by atoms with Crippen LogP contribution in [0.25, 0.3) is 0 Å². The Kier molecular flexibility index (Phi) is 5.48. The Morgan fingerprint density at radius 3 is 2.28 bits per heavy atom. The zero-order chi connectivity index (χ0) is 18.8. The molecule has 1 N–H and O–H groups in total. The van der Waals surface area contributed by atoms with E-state index in [1.165, 1.54) is 0 Å². The van der Waals surface area contributed by atoms with Crippen LogP contribution in [0.15, 0.2) is 22.9 Å². The number of rotatable bonds is 4. The summed E-state index contributed by atoms with van der Waals surface area (Å²) in [5.74, 6) is -3.37. The van der Waals surface area contributed by atoms with E-state index in [1.54, 1.807) is 13.8 Å². The van der Waals surface area contributed by atoms with Crippen LogP contribution in [0, 0.1) is 0 Å². The van der Waals surface area contributed by atoms with Gasteiger partial charge in [0.15, 0.2) is 5.79 Å². The Morgan fingerprint density at radius 2 is 1.72 bits per heavy atom. The second-order valence-corrected chi connectivity index (χ2v) is 5.83. The largest absolute Gasteiger partial charge is 0.466 e. The van der Waals surface area contributed by atoms with Crippen molar-refractivity contribution in [2.75, 3.05) is 27.9 Å². The number of methoxy groups -OCH3 is 3. The summed E-state index contributed by atoms with van der Waals surface area (Å²) in [6, 6.07) is 0. The third-order valence-electron chi connectivity index (χ3n) is 3.76. The van der Waals surface area contributed by atoms with Crippen molar-refractivity contribution in [3.8, 4) is 0 Å². The topological polar surface area (TPSA) is 109 Å². The van der Waals surface area contributed by atoms with Crippen molar-refractivity contribution in [2.24, 2.45) is 0 Å². The normalized spacial score (nSPS) is 26.4. The molecule has 0 spiro atoms. The van der Waals surface area contributed by atoms with E-state index in [4.69, 9.17) is 14.2 Å². The zero-order valence-corrected chi connectivity index (χ0v) is 14.7. The summed E-state index contributed by atoms with van der Waals surface area (Å²) in [6.45, 7) is 3.86. The molecule has 2 heterocycles. The molecule has 0 radical (unpaired) electrons. The SMILES string of the molecule is COC(=O)/C=C(C(=O)OC)\C(C(=O)OC)=C1/NC[C@H]2OC(C)(C)O[C@@H]12. The van der Waals surface area contributed by atoms with Gasteiger partial charge in [0, 0.05) is 12.6 Å². The van der Waals surface area contributed by atoms with Crippen LogP contribution >= 0.6 is 0 Å². The van der Waals surface area contributed by atoms with Crippen molar-refractivity contribution < 1.29 is 38.1 Å². The quantitative estimate of drug-likeness (QED) is 0.417. The van der Waals surface area contributed by atoms with Gasteiger partial charge in [0.25, 0.3) is 0 Å². The molecule has 25 heavy (non-hydrogen) atoms. The van der Waals surface area contributed by atoms with Gasteiger partial charge in [-0.05, 0) is 13.8 Å². The van der Waals surface area contributed by atoms with Crippen LogP contribution in [0.4, 0.5) is 0 Å². The lowest BCUT2D eigenvalue weighted by atomic mass is 10.0. The molecule has 2 rings (SSSR count). The van der Waals surface area contributed by atoms with Crippen molar-refractivity contribution in [3.05, 3.63) is 22.9 Å². The van der Waals surface area contributed by atoms with Gasteiger partial charge in [-0.2, -0.15) is 0 Å². The van der Waals surface area contributed by atoms with Crippen molar-refractivity contribution >= 4 is 17.9 Å². The third kappa shape index (κ3) is 3.83. The molecule has 0 aromatic rings. The van der Waals surface area contributed by atoms with Gasteiger partial charge in [-0.25, -0.2) is 14.4 Å². The molecule has 0 bridgehead atoms. The molecule has 2 aliphatic heterocycles. The summed E-state index contributed by atoms with van der Waals surface area (Å²) in [7, 11) is 3.45. The van der Waals surface area contributed by atoms with Crippen LogP contribution in [0.2, 0.25) is 0 Å². The number of fused-ring (bicyclic) bond motifs is 1. The molecule has 2 atom stereocenters. The van der Waals surface area contributed by atoms with Crippen LogP contribution in [0.3, 0.4) is 0 Å². The molecule has 2 saturated heterocycles. The molecule has 0 unspecified atom stereocenters. The number of esters is 3. The minimum Gasteiger partial charge on any atom is -0.466 e. The summed E-state index contributed by atoms with van der Waals surface area (Å²) < 4.78 is 25.6. The van der Waals surface area contributed by atoms with Crippen LogP contribution in [-0.4, -0.2) is 63.8 Å². The molecule has 9 heteroatoms. The van der Waals surface area contributed by atoms with Crippen LogP contribution in [0.1, 0.15) is 13.8 Å². The highest BCUT2D eigenvalue weighted by molar-refractivity contribution is 6.10. The van der Waals surface area contributed by atoms with Crippen LogP contribution < -0.4 is 5.32 Å². The second-order valence-electron chi connectivity index (χ2n) is 5.83. The number of ether oxygens (including phenoxy) is 5. The smallest absolute Gasteiger partial charge is 0.340 e. The van der Waals surface area contributed by atoms with Crippen molar-refractivity contribution in [1.29, 1.82) is 0 Å². The summed E-state index contributed by atoms with van der Waals surface area (Å²) >= 11 is 0. The van der Waals surface area contributed by atoms with Gasteiger partial charge in [-0.15, -0.1) is 0 Å². The van der Waals surface area contributed by atoms with E-state index in [1.807, 2.05) is 0 Å². The number of carbonyl (C=O) groups excluding carboxylic acids is 3. The van der Waals surface area contributed by atoms with E-state index >= 15 is 0 Å². The van der Waals surface area contributed by atoms with Gasteiger partial charge in [-0.3, -0.25) is 0 Å². The first-order valence-electron chi connectivity index (χ1n) is 7.54. The Hall–Kier alpha value is -2.39. The van der Waals surface area contributed by atoms with Gasteiger partial charge in [-0.1, -0.05) is 0 Å². The van der Waals surface area contributed by atoms with E-state index in [-0.39, 0.29) is 17.3 Å². The van der Waals surface area contributed by atoms with E-state index in [0.717, 1.165) is 27.4 Å². The Morgan fingerprint density at radius 1 is 1.08 bits per heavy atom. The van der Waals surface area contributed by atoms with Gasteiger partial charge in [0.05, 0.1) is 38.2 Å². The van der Waals surface area contributed by atoms with Crippen molar-refractivity contribution in [3.63, 3.8) is 0 Å². The summed E-state index contributed by atoms with van der Waals surface area (Å²) in [5.41, 5.74) is -0.158. The number of hydrogen-bond donors (Lipinski definition) is 1. The fourth-order valence-corrected chi connectivity index (χ4v) is 2.76. The molecule has 9 nitrogen and oxygen atoms in total. The molecule has 0 aromatic heterocycles. The minimum atomic E-state index is -0.887. The molecule has 0 saturated carbocycles. The van der Waals surface area contributed by atoms with E-state index in [0.29, 0.717) is 12.2 Å². The highest BCUT2D eigenvalue weighted by Gasteiger charge is 2.49. The van der Waals surface area contributed by atoms with Crippen molar-refractivity contribution in [1.82, 2.24) is 5.32 Å². The first-order chi connectivity index (χ1) is 11.7. The minimum absolute atomic E-state index is 0.159. The average Bonchev–Trinajstić information content (AvgIpc) is 3.08. The standard InChI is InChI=1S/C16H21NO8/c1-16(2)24-9-7-17-12(13(9)25-16)11(15(20)23-5)8(14(19)22-4)6-10(18)21-3/h6,9,13,17H,7H2,1-5H3/b8-6+,12-11+/t9-,13-/m1/s1. The molecular formula is C16H21NO8. The monoisotopic (exact) mass is 355 g/mol. The predicted octanol–water partition coefficient (Wildman–Crippen LogP) is -0.191. The van der Waals surface area contributed by atoms with Crippen LogP contribution in [-0.2, 0) is 38.1 Å². The molecule has 0 aliphatic carbocycles. The fourth-order valence-electron chi connectivity index (χ4n) is 2.76. The molecule has 2 aliphatic rings. The maximum absolute atomic E-state index is 12.4. The number of hydrogen-bond acceptors (Lipinski definition) is 9. The summed E-state index contributed by atoms with van der Waals surface area (Å²) in [4.78, 5) is 36.2. The van der Waals surface area contributed by atoms with Crippen molar-refractivity contribution in [2.45, 2.75) is 31.8 Å².